The average molecular weight is 279 g/mol. The van der Waals surface area contributed by atoms with Crippen LogP contribution in [-0.2, 0) is 15.1 Å². The minimum atomic E-state index is -0.197. The summed E-state index contributed by atoms with van der Waals surface area (Å²) in [7, 11) is 1.41. The molecule has 110 valence electrons. The van der Waals surface area contributed by atoms with Gasteiger partial charge in [0.05, 0.1) is 7.11 Å². The number of rotatable bonds is 6. The number of carbonyl (C=O) groups is 1. The van der Waals surface area contributed by atoms with Crippen LogP contribution < -0.4 is 14.8 Å². The van der Waals surface area contributed by atoms with Crippen molar-refractivity contribution in [3.63, 3.8) is 0 Å². The molecule has 1 heterocycles. The van der Waals surface area contributed by atoms with Gasteiger partial charge in [0.15, 0.2) is 11.5 Å². The molecule has 0 aromatic heterocycles. The largest absolute Gasteiger partial charge is 0.469 e. The molecule has 1 aromatic carbocycles. The Morgan fingerprint density at radius 1 is 1.35 bits per heavy atom. The van der Waals surface area contributed by atoms with E-state index < -0.39 is 0 Å². The first-order valence-electron chi connectivity index (χ1n) is 6.75. The molecule has 20 heavy (non-hydrogen) atoms. The summed E-state index contributed by atoms with van der Waals surface area (Å²) in [6.45, 7) is 5.23. The van der Waals surface area contributed by atoms with Crippen LogP contribution >= 0.6 is 0 Å². The first-order valence-corrected chi connectivity index (χ1v) is 6.75. The second-order valence-corrected chi connectivity index (χ2v) is 5.30. The molecule has 0 saturated carbocycles. The van der Waals surface area contributed by atoms with Gasteiger partial charge in [0, 0.05) is 12.0 Å². The quantitative estimate of drug-likeness (QED) is 0.639. The molecular formula is C15H21NO4. The highest BCUT2D eigenvalue weighted by atomic mass is 16.7. The monoisotopic (exact) mass is 279 g/mol. The van der Waals surface area contributed by atoms with Crippen molar-refractivity contribution < 1.29 is 19.0 Å². The molecule has 0 spiro atoms. The second-order valence-electron chi connectivity index (χ2n) is 5.30. The summed E-state index contributed by atoms with van der Waals surface area (Å²) in [4.78, 5) is 11.1. The summed E-state index contributed by atoms with van der Waals surface area (Å²) in [6, 6.07) is 5.95. The number of esters is 1. The molecule has 1 N–H and O–H groups in total. The molecule has 0 bridgehead atoms. The molecule has 5 nitrogen and oxygen atoms in total. The molecule has 2 rings (SSSR count). The Morgan fingerprint density at radius 2 is 2.10 bits per heavy atom. The fraction of sp³-hybridized carbons (Fsp3) is 0.533. The normalized spacial score (nSPS) is 13.3. The van der Waals surface area contributed by atoms with Gasteiger partial charge in [0.2, 0.25) is 6.79 Å². The zero-order chi connectivity index (χ0) is 14.6. The summed E-state index contributed by atoms with van der Waals surface area (Å²) < 4.78 is 15.3. The highest BCUT2D eigenvalue weighted by molar-refractivity contribution is 5.69. The number of hydrogen-bond donors (Lipinski definition) is 1. The standard InChI is InChI=1S/C15H21NO4/c1-15(2,16-8-4-5-14(17)18-3)11-6-7-12-13(9-11)20-10-19-12/h6-7,9,16H,4-5,8,10H2,1-3H3. The van der Waals surface area contributed by atoms with Crippen molar-refractivity contribution in [3.8, 4) is 11.5 Å². The van der Waals surface area contributed by atoms with Crippen LogP contribution in [0.5, 0.6) is 11.5 Å². The summed E-state index contributed by atoms with van der Waals surface area (Å²) in [5, 5.41) is 3.44. The lowest BCUT2D eigenvalue weighted by Crippen LogP contribution is -2.37. The van der Waals surface area contributed by atoms with E-state index >= 15 is 0 Å². The lowest BCUT2D eigenvalue weighted by molar-refractivity contribution is -0.140. The molecule has 0 atom stereocenters. The van der Waals surface area contributed by atoms with E-state index in [1.807, 2.05) is 18.2 Å². The minimum absolute atomic E-state index is 0.173. The van der Waals surface area contributed by atoms with Gasteiger partial charge in [-0.3, -0.25) is 4.79 Å². The van der Waals surface area contributed by atoms with E-state index in [1.165, 1.54) is 7.11 Å². The third-order valence-electron chi connectivity index (χ3n) is 3.45. The van der Waals surface area contributed by atoms with Crippen molar-refractivity contribution in [1.29, 1.82) is 0 Å². The van der Waals surface area contributed by atoms with Gasteiger partial charge in [-0.05, 0) is 44.5 Å². The summed E-state index contributed by atoms with van der Waals surface area (Å²) in [5.41, 5.74) is 0.928. The summed E-state index contributed by atoms with van der Waals surface area (Å²) in [5.74, 6) is 1.40. The molecule has 0 fully saturated rings. The van der Waals surface area contributed by atoms with Gasteiger partial charge in [0.1, 0.15) is 0 Å². The first kappa shape index (κ1) is 14.7. The molecule has 0 saturated heterocycles. The summed E-state index contributed by atoms with van der Waals surface area (Å²) in [6.07, 6.45) is 1.18. The maximum atomic E-state index is 11.1. The molecule has 0 amide bonds. The number of methoxy groups -OCH3 is 1. The molecule has 1 aliphatic rings. The predicted molar refractivity (Wildman–Crippen MR) is 74.8 cm³/mol. The number of ether oxygens (including phenoxy) is 3. The Labute approximate surface area is 119 Å². The first-order chi connectivity index (χ1) is 9.53. The Hall–Kier alpha value is -1.75. The maximum absolute atomic E-state index is 11.1. The topological polar surface area (TPSA) is 56.8 Å². The molecule has 1 aromatic rings. The van der Waals surface area contributed by atoms with Crippen molar-refractivity contribution in [2.75, 3.05) is 20.4 Å². The second kappa shape index (κ2) is 6.13. The van der Waals surface area contributed by atoms with Crippen molar-refractivity contribution >= 4 is 5.97 Å². The van der Waals surface area contributed by atoms with Crippen LogP contribution in [0.25, 0.3) is 0 Å². The number of hydrogen-bond acceptors (Lipinski definition) is 5. The number of benzene rings is 1. The maximum Gasteiger partial charge on any atom is 0.305 e. The van der Waals surface area contributed by atoms with Crippen LogP contribution in [0.4, 0.5) is 0 Å². The van der Waals surface area contributed by atoms with Gasteiger partial charge in [0.25, 0.3) is 0 Å². The smallest absolute Gasteiger partial charge is 0.305 e. The van der Waals surface area contributed by atoms with Gasteiger partial charge < -0.3 is 19.5 Å². The van der Waals surface area contributed by atoms with Crippen LogP contribution in [-0.4, -0.2) is 26.4 Å². The van der Waals surface area contributed by atoms with E-state index in [0.29, 0.717) is 6.42 Å². The highest BCUT2D eigenvalue weighted by Crippen LogP contribution is 2.35. The van der Waals surface area contributed by atoms with Crippen LogP contribution in [0.1, 0.15) is 32.3 Å². The van der Waals surface area contributed by atoms with Gasteiger partial charge >= 0.3 is 5.97 Å². The lowest BCUT2D eigenvalue weighted by Gasteiger charge is -2.27. The molecular weight excluding hydrogens is 258 g/mol. The van der Waals surface area contributed by atoms with Crippen molar-refractivity contribution in [1.82, 2.24) is 5.32 Å². The van der Waals surface area contributed by atoms with E-state index in [4.69, 9.17) is 9.47 Å². The number of fused-ring (bicyclic) bond motifs is 1. The molecule has 0 unspecified atom stereocenters. The van der Waals surface area contributed by atoms with E-state index in [9.17, 15) is 4.79 Å². The van der Waals surface area contributed by atoms with Crippen molar-refractivity contribution in [2.45, 2.75) is 32.2 Å². The predicted octanol–water partition coefficient (Wildman–Crippen LogP) is 2.19. The average Bonchev–Trinajstić information content (AvgIpc) is 2.90. The number of nitrogens with one attached hydrogen (secondary N) is 1. The van der Waals surface area contributed by atoms with Gasteiger partial charge in [-0.1, -0.05) is 6.07 Å². The fourth-order valence-corrected chi connectivity index (χ4v) is 2.12. The Balaban J connectivity index is 1.91. The van der Waals surface area contributed by atoms with E-state index in [2.05, 4.69) is 23.9 Å². The summed E-state index contributed by atoms with van der Waals surface area (Å²) >= 11 is 0. The zero-order valence-corrected chi connectivity index (χ0v) is 12.2. The van der Waals surface area contributed by atoms with Gasteiger partial charge in [-0.2, -0.15) is 0 Å². The molecule has 5 heteroatoms. The Kier molecular flexibility index (Phi) is 4.49. The van der Waals surface area contributed by atoms with Crippen LogP contribution in [0.2, 0.25) is 0 Å². The van der Waals surface area contributed by atoms with E-state index in [1.54, 1.807) is 0 Å². The molecule has 0 radical (unpaired) electrons. The fourth-order valence-electron chi connectivity index (χ4n) is 2.12. The Morgan fingerprint density at radius 3 is 2.85 bits per heavy atom. The van der Waals surface area contributed by atoms with E-state index in [-0.39, 0.29) is 18.3 Å². The SMILES string of the molecule is COC(=O)CCCNC(C)(C)c1ccc2c(c1)OCO2. The third-order valence-corrected chi connectivity index (χ3v) is 3.45. The highest BCUT2D eigenvalue weighted by Gasteiger charge is 2.23. The van der Waals surface area contributed by atoms with Crippen LogP contribution in [0.15, 0.2) is 18.2 Å². The molecule has 1 aliphatic heterocycles. The van der Waals surface area contributed by atoms with Crippen LogP contribution in [0, 0.1) is 0 Å². The third kappa shape index (κ3) is 3.42. The minimum Gasteiger partial charge on any atom is -0.469 e. The van der Waals surface area contributed by atoms with Crippen molar-refractivity contribution in [3.05, 3.63) is 23.8 Å². The number of carbonyl (C=O) groups excluding carboxylic acids is 1. The van der Waals surface area contributed by atoms with Gasteiger partial charge in [-0.25, -0.2) is 0 Å². The molecule has 0 aliphatic carbocycles. The van der Waals surface area contributed by atoms with Gasteiger partial charge in [-0.15, -0.1) is 0 Å². The lowest BCUT2D eigenvalue weighted by atomic mass is 9.93. The Bertz CT molecular complexity index is 485. The zero-order valence-electron chi connectivity index (χ0n) is 12.2. The van der Waals surface area contributed by atoms with E-state index in [0.717, 1.165) is 30.0 Å². The van der Waals surface area contributed by atoms with Crippen LogP contribution in [0.3, 0.4) is 0 Å². The van der Waals surface area contributed by atoms with Crippen molar-refractivity contribution in [2.24, 2.45) is 0 Å².